The first-order chi connectivity index (χ1) is 10.8. The Morgan fingerprint density at radius 1 is 1.05 bits per heavy atom. The highest BCUT2D eigenvalue weighted by Gasteiger charge is 2.18. The number of aromatic nitrogens is 2. The average molecular weight is 288 g/mol. The van der Waals surface area contributed by atoms with Crippen molar-refractivity contribution in [1.29, 1.82) is 0 Å². The van der Waals surface area contributed by atoms with E-state index in [-0.39, 0.29) is 0 Å². The number of nitrogens with zero attached hydrogens (tertiary/aromatic N) is 2. The van der Waals surface area contributed by atoms with Crippen molar-refractivity contribution in [3.8, 4) is 28.4 Å². The van der Waals surface area contributed by atoms with E-state index in [1.165, 1.54) is 5.56 Å². The highest BCUT2D eigenvalue weighted by Crippen LogP contribution is 2.35. The predicted molar refractivity (Wildman–Crippen MR) is 86.8 cm³/mol. The van der Waals surface area contributed by atoms with Crippen molar-refractivity contribution in [2.75, 3.05) is 6.61 Å². The van der Waals surface area contributed by atoms with Crippen LogP contribution < -0.4 is 4.74 Å². The molecule has 22 heavy (non-hydrogen) atoms. The van der Waals surface area contributed by atoms with Gasteiger partial charge in [-0.2, -0.15) is 0 Å². The average Bonchev–Trinajstić information content (AvgIpc) is 2.74. The monoisotopic (exact) mass is 288 g/mol. The summed E-state index contributed by atoms with van der Waals surface area (Å²) in [6.07, 6.45) is 2.77. The standard InChI is InChI=1S/C19H16N2O/c1-13-7-8-17-16(11-13)18-15(9-10-22-17)12-20-19(21-18)14-5-3-2-4-6-14/h2-8,11-12H,9-10H2,1H3. The molecule has 0 bridgehead atoms. The maximum absolute atomic E-state index is 5.86. The first-order valence-corrected chi connectivity index (χ1v) is 7.46. The van der Waals surface area contributed by atoms with E-state index in [1.54, 1.807) is 0 Å². The van der Waals surface area contributed by atoms with Gasteiger partial charge in [-0.05, 0) is 19.1 Å². The van der Waals surface area contributed by atoms with E-state index in [1.807, 2.05) is 42.6 Å². The van der Waals surface area contributed by atoms with Gasteiger partial charge in [-0.3, -0.25) is 0 Å². The normalized spacial score (nSPS) is 12.8. The summed E-state index contributed by atoms with van der Waals surface area (Å²) in [5, 5.41) is 0. The van der Waals surface area contributed by atoms with Crippen LogP contribution in [0.1, 0.15) is 11.1 Å². The van der Waals surface area contributed by atoms with Gasteiger partial charge in [0.2, 0.25) is 0 Å². The van der Waals surface area contributed by atoms with Crippen LogP contribution in [-0.4, -0.2) is 16.6 Å². The minimum Gasteiger partial charge on any atom is -0.493 e. The van der Waals surface area contributed by atoms with Crippen LogP contribution in [0.15, 0.2) is 54.7 Å². The highest BCUT2D eigenvalue weighted by atomic mass is 16.5. The number of ether oxygens (including phenoxy) is 1. The van der Waals surface area contributed by atoms with Crippen LogP contribution in [0.4, 0.5) is 0 Å². The van der Waals surface area contributed by atoms with Crippen molar-refractivity contribution < 1.29 is 4.74 Å². The molecule has 1 aromatic heterocycles. The molecule has 0 N–H and O–H groups in total. The number of aryl methyl sites for hydroxylation is 1. The Hall–Kier alpha value is -2.68. The van der Waals surface area contributed by atoms with Gasteiger partial charge in [0.25, 0.3) is 0 Å². The Balaban J connectivity index is 1.92. The molecule has 108 valence electrons. The van der Waals surface area contributed by atoms with Gasteiger partial charge in [0.05, 0.1) is 12.3 Å². The summed E-state index contributed by atoms with van der Waals surface area (Å²) in [5.74, 6) is 1.66. The van der Waals surface area contributed by atoms with Crippen LogP contribution in [0.3, 0.4) is 0 Å². The molecule has 0 atom stereocenters. The fourth-order valence-electron chi connectivity index (χ4n) is 2.77. The van der Waals surface area contributed by atoms with Gasteiger partial charge >= 0.3 is 0 Å². The molecule has 4 rings (SSSR count). The van der Waals surface area contributed by atoms with Gasteiger partial charge in [0, 0.05) is 29.3 Å². The first-order valence-electron chi connectivity index (χ1n) is 7.46. The van der Waals surface area contributed by atoms with Crippen LogP contribution in [0.5, 0.6) is 5.75 Å². The predicted octanol–water partition coefficient (Wildman–Crippen LogP) is 4.05. The number of rotatable bonds is 1. The van der Waals surface area contributed by atoms with Gasteiger partial charge in [-0.25, -0.2) is 9.97 Å². The second-order valence-corrected chi connectivity index (χ2v) is 5.53. The molecule has 3 heteroatoms. The number of fused-ring (bicyclic) bond motifs is 3. The summed E-state index contributed by atoms with van der Waals surface area (Å²) in [5.41, 5.74) is 5.43. The molecular weight excluding hydrogens is 272 g/mol. The summed E-state index contributed by atoms with van der Waals surface area (Å²) >= 11 is 0. The zero-order valence-corrected chi connectivity index (χ0v) is 12.4. The summed E-state index contributed by atoms with van der Waals surface area (Å²) in [6, 6.07) is 16.3. The summed E-state index contributed by atoms with van der Waals surface area (Å²) in [7, 11) is 0. The van der Waals surface area contributed by atoms with Crippen LogP contribution in [-0.2, 0) is 6.42 Å². The lowest BCUT2D eigenvalue weighted by Gasteiger charge is -2.10. The fraction of sp³-hybridized carbons (Fsp3) is 0.158. The fourth-order valence-corrected chi connectivity index (χ4v) is 2.77. The van der Waals surface area contributed by atoms with Crippen LogP contribution in [0, 0.1) is 6.92 Å². The molecule has 1 aliphatic heterocycles. The largest absolute Gasteiger partial charge is 0.493 e. The summed E-state index contributed by atoms with van der Waals surface area (Å²) in [6.45, 7) is 2.75. The van der Waals surface area contributed by atoms with E-state index >= 15 is 0 Å². The van der Waals surface area contributed by atoms with E-state index in [2.05, 4.69) is 24.0 Å². The SMILES string of the molecule is Cc1ccc2c(c1)-c1nc(-c3ccccc3)ncc1CCO2. The summed E-state index contributed by atoms with van der Waals surface area (Å²) < 4.78 is 5.86. The highest BCUT2D eigenvalue weighted by molar-refractivity contribution is 5.73. The lowest BCUT2D eigenvalue weighted by atomic mass is 10.0. The van der Waals surface area contributed by atoms with Crippen molar-refractivity contribution in [3.63, 3.8) is 0 Å². The second kappa shape index (κ2) is 5.26. The van der Waals surface area contributed by atoms with Gasteiger partial charge in [-0.1, -0.05) is 42.0 Å². The van der Waals surface area contributed by atoms with E-state index in [9.17, 15) is 0 Å². The third kappa shape index (κ3) is 2.25. The Morgan fingerprint density at radius 3 is 2.77 bits per heavy atom. The van der Waals surface area contributed by atoms with Gasteiger partial charge in [-0.15, -0.1) is 0 Å². The molecule has 2 heterocycles. The lowest BCUT2D eigenvalue weighted by Crippen LogP contribution is -2.00. The Kier molecular flexibility index (Phi) is 3.11. The minimum atomic E-state index is 0.664. The molecule has 1 aliphatic rings. The maximum atomic E-state index is 5.86. The second-order valence-electron chi connectivity index (χ2n) is 5.53. The van der Waals surface area contributed by atoms with Crippen LogP contribution in [0.25, 0.3) is 22.6 Å². The first kappa shape index (κ1) is 13.0. The van der Waals surface area contributed by atoms with Crippen molar-refractivity contribution in [2.45, 2.75) is 13.3 Å². The Morgan fingerprint density at radius 2 is 1.91 bits per heavy atom. The van der Waals surface area contributed by atoms with Crippen LogP contribution in [0.2, 0.25) is 0 Å². The molecule has 0 radical (unpaired) electrons. The van der Waals surface area contributed by atoms with E-state index in [0.717, 1.165) is 40.4 Å². The van der Waals surface area contributed by atoms with Crippen molar-refractivity contribution in [3.05, 3.63) is 65.9 Å². The van der Waals surface area contributed by atoms with Gasteiger partial charge in [0.1, 0.15) is 5.75 Å². The third-order valence-corrected chi connectivity index (χ3v) is 3.92. The lowest BCUT2D eigenvalue weighted by molar-refractivity contribution is 0.326. The molecular formula is C19H16N2O. The van der Waals surface area contributed by atoms with Crippen molar-refractivity contribution >= 4 is 0 Å². The molecule has 0 aliphatic carbocycles. The smallest absolute Gasteiger partial charge is 0.159 e. The number of benzene rings is 2. The summed E-state index contributed by atoms with van der Waals surface area (Å²) in [4.78, 5) is 9.37. The molecule has 3 nitrogen and oxygen atoms in total. The van der Waals surface area contributed by atoms with Crippen molar-refractivity contribution in [1.82, 2.24) is 9.97 Å². The quantitative estimate of drug-likeness (QED) is 0.677. The maximum Gasteiger partial charge on any atom is 0.159 e. The molecule has 0 fully saturated rings. The van der Waals surface area contributed by atoms with Gasteiger partial charge < -0.3 is 4.74 Å². The Labute approximate surface area is 129 Å². The zero-order valence-electron chi connectivity index (χ0n) is 12.4. The van der Waals surface area contributed by atoms with Crippen molar-refractivity contribution in [2.24, 2.45) is 0 Å². The molecule has 0 saturated heterocycles. The third-order valence-electron chi connectivity index (χ3n) is 3.92. The number of hydrogen-bond acceptors (Lipinski definition) is 3. The molecule has 0 saturated carbocycles. The zero-order chi connectivity index (χ0) is 14.9. The molecule has 0 spiro atoms. The van der Waals surface area contributed by atoms with E-state index < -0.39 is 0 Å². The molecule has 3 aromatic rings. The van der Waals surface area contributed by atoms with E-state index in [0.29, 0.717) is 6.61 Å². The number of hydrogen-bond donors (Lipinski definition) is 0. The molecule has 0 unspecified atom stereocenters. The van der Waals surface area contributed by atoms with Gasteiger partial charge in [0.15, 0.2) is 5.82 Å². The topological polar surface area (TPSA) is 35.0 Å². The molecule has 2 aromatic carbocycles. The minimum absolute atomic E-state index is 0.664. The van der Waals surface area contributed by atoms with E-state index in [4.69, 9.17) is 9.72 Å². The van der Waals surface area contributed by atoms with Crippen LogP contribution >= 0.6 is 0 Å². The molecule has 0 amide bonds. The Bertz CT molecular complexity index is 828.